The zero-order valence-electron chi connectivity index (χ0n) is 8.66. The number of methoxy groups -OCH3 is 1. The van der Waals surface area contributed by atoms with Crippen LogP contribution >= 0.6 is 11.6 Å². The third-order valence-corrected chi connectivity index (χ3v) is 2.54. The first-order chi connectivity index (χ1) is 7.06. The van der Waals surface area contributed by atoms with Gasteiger partial charge in [0.1, 0.15) is 5.75 Å². The molecule has 0 bridgehead atoms. The molecule has 1 aromatic rings. The second-order valence-electron chi connectivity index (χ2n) is 3.35. The van der Waals surface area contributed by atoms with Gasteiger partial charge in [-0.3, -0.25) is 4.79 Å². The molecule has 0 heterocycles. The van der Waals surface area contributed by atoms with Crippen molar-refractivity contribution in [3.8, 4) is 5.75 Å². The van der Waals surface area contributed by atoms with Gasteiger partial charge in [0.05, 0.1) is 13.5 Å². The first-order valence-corrected chi connectivity index (χ1v) is 4.98. The maximum Gasteiger partial charge on any atom is 0.303 e. The first kappa shape index (κ1) is 11.9. The van der Waals surface area contributed by atoms with Crippen molar-refractivity contribution in [3.63, 3.8) is 0 Å². The molecule has 0 saturated heterocycles. The molecule has 1 aromatic carbocycles. The summed E-state index contributed by atoms with van der Waals surface area (Å²) in [4.78, 5) is 10.6. The molecule has 0 amide bonds. The molecule has 0 radical (unpaired) electrons. The number of ether oxygens (including phenoxy) is 1. The van der Waals surface area contributed by atoms with E-state index < -0.39 is 5.97 Å². The molecule has 82 valence electrons. The molecule has 0 aliphatic carbocycles. The molecule has 0 aromatic heterocycles. The van der Waals surface area contributed by atoms with Crippen LogP contribution in [0.15, 0.2) is 18.2 Å². The van der Waals surface area contributed by atoms with Gasteiger partial charge in [-0.15, -0.1) is 0 Å². The van der Waals surface area contributed by atoms with Gasteiger partial charge in [0.15, 0.2) is 0 Å². The average Bonchev–Trinajstić information content (AvgIpc) is 2.15. The summed E-state index contributed by atoms with van der Waals surface area (Å²) < 4.78 is 5.15. The monoisotopic (exact) mass is 228 g/mol. The average molecular weight is 229 g/mol. The van der Waals surface area contributed by atoms with Crippen molar-refractivity contribution in [2.75, 3.05) is 7.11 Å². The SMILES string of the molecule is COc1cccc(Cl)c1C(C)CC(=O)O. The summed E-state index contributed by atoms with van der Waals surface area (Å²) in [5, 5.41) is 9.26. The largest absolute Gasteiger partial charge is 0.496 e. The minimum Gasteiger partial charge on any atom is -0.496 e. The number of hydrogen-bond acceptors (Lipinski definition) is 2. The minimum atomic E-state index is -0.843. The third-order valence-electron chi connectivity index (χ3n) is 2.21. The Morgan fingerprint density at radius 1 is 1.60 bits per heavy atom. The van der Waals surface area contributed by atoms with Crippen LogP contribution in [0, 0.1) is 0 Å². The summed E-state index contributed by atoms with van der Waals surface area (Å²) in [6, 6.07) is 5.29. The molecule has 1 N–H and O–H groups in total. The molecule has 0 spiro atoms. The molecule has 15 heavy (non-hydrogen) atoms. The number of hydrogen-bond donors (Lipinski definition) is 1. The van der Waals surface area contributed by atoms with E-state index in [9.17, 15) is 4.79 Å². The highest BCUT2D eigenvalue weighted by molar-refractivity contribution is 6.31. The van der Waals surface area contributed by atoms with Crippen LogP contribution in [0.25, 0.3) is 0 Å². The second-order valence-corrected chi connectivity index (χ2v) is 3.76. The lowest BCUT2D eigenvalue weighted by Crippen LogP contribution is -2.05. The van der Waals surface area contributed by atoms with Crippen LogP contribution in [0.5, 0.6) is 5.75 Å². The quantitative estimate of drug-likeness (QED) is 0.862. The van der Waals surface area contributed by atoms with Crippen LogP contribution < -0.4 is 4.74 Å². The standard InChI is InChI=1S/C11H13ClO3/c1-7(6-10(13)14)11-8(12)4-3-5-9(11)15-2/h3-5,7H,6H2,1-2H3,(H,13,14). The Labute approximate surface area is 93.6 Å². The van der Waals surface area contributed by atoms with Gasteiger partial charge in [-0.25, -0.2) is 0 Å². The highest BCUT2D eigenvalue weighted by Crippen LogP contribution is 2.34. The number of benzene rings is 1. The zero-order chi connectivity index (χ0) is 11.4. The van der Waals surface area contributed by atoms with E-state index in [4.69, 9.17) is 21.4 Å². The lowest BCUT2D eigenvalue weighted by atomic mass is 9.97. The third kappa shape index (κ3) is 2.86. The van der Waals surface area contributed by atoms with Crippen molar-refractivity contribution in [2.45, 2.75) is 19.3 Å². The topological polar surface area (TPSA) is 46.5 Å². The van der Waals surface area contributed by atoms with Crippen molar-refractivity contribution in [1.29, 1.82) is 0 Å². The van der Waals surface area contributed by atoms with E-state index in [1.54, 1.807) is 25.3 Å². The minimum absolute atomic E-state index is 0.0418. The Balaban J connectivity index is 3.05. The van der Waals surface area contributed by atoms with Crippen LogP contribution in [-0.2, 0) is 4.79 Å². The van der Waals surface area contributed by atoms with E-state index in [2.05, 4.69) is 0 Å². The van der Waals surface area contributed by atoms with Gasteiger partial charge in [0.25, 0.3) is 0 Å². The van der Waals surface area contributed by atoms with E-state index >= 15 is 0 Å². The van der Waals surface area contributed by atoms with Crippen LogP contribution in [0.1, 0.15) is 24.8 Å². The van der Waals surface area contributed by atoms with Gasteiger partial charge < -0.3 is 9.84 Å². The van der Waals surface area contributed by atoms with E-state index in [1.165, 1.54) is 0 Å². The molecule has 1 atom stereocenters. The summed E-state index contributed by atoms with van der Waals surface area (Å²) in [5.41, 5.74) is 0.754. The van der Waals surface area contributed by atoms with Gasteiger partial charge in [0, 0.05) is 10.6 Å². The smallest absolute Gasteiger partial charge is 0.303 e. The fourth-order valence-electron chi connectivity index (χ4n) is 1.54. The van der Waals surface area contributed by atoms with E-state index in [0.29, 0.717) is 10.8 Å². The van der Waals surface area contributed by atoms with Gasteiger partial charge in [-0.2, -0.15) is 0 Å². The Bertz CT molecular complexity index is 363. The number of carboxylic acids is 1. The summed E-state index contributed by atoms with van der Waals surface area (Å²) in [6.45, 7) is 1.82. The van der Waals surface area contributed by atoms with Gasteiger partial charge in [-0.05, 0) is 18.1 Å². The maximum atomic E-state index is 10.6. The highest BCUT2D eigenvalue weighted by Gasteiger charge is 2.17. The molecule has 3 nitrogen and oxygen atoms in total. The fraction of sp³-hybridized carbons (Fsp3) is 0.364. The van der Waals surface area contributed by atoms with E-state index in [1.807, 2.05) is 6.92 Å². The van der Waals surface area contributed by atoms with Crippen LogP contribution in [0.2, 0.25) is 5.02 Å². The highest BCUT2D eigenvalue weighted by atomic mass is 35.5. The molecular weight excluding hydrogens is 216 g/mol. The van der Waals surface area contributed by atoms with E-state index in [-0.39, 0.29) is 12.3 Å². The lowest BCUT2D eigenvalue weighted by Gasteiger charge is -2.15. The second kappa shape index (κ2) is 5.03. The molecule has 4 heteroatoms. The predicted octanol–water partition coefficient (Wildman–Crippen LogP) is 2.93. The molecule has 0 aliphatic heterocycles. The van der Waals surface area contributed by atoms with Crippen molar-refractivity contribution >= 4 is 17.6 Å². The van der Waals surface area contributed by atoms with Crippen molar-refractivity contribution in [1.82, 2.24) is 0 Å². The van der Waals surface area contributed by atoms with E-state index in [0.717, 1.165) is 5.56 Å². The normalized spacial score (nSPS) is 12.2. The van der Waals surface area contributed by atoms with Gasteiger partial charge in [0.2, 0.25) is 0 Å². The summed E-state index contributed by atoms with van der Waals surface area (Å²) in [6.07, 6.45) is 0.0418. The van der Waals surface area contributed by atoms with Gasteiger partial charge >= 0.3 is 5.97 Å². The van der Waals surface area contributed by atoms with Crippen LogP contribution in [-0.4, -0.2) is 18.2 Å². The van der Waals surface area contributed by atoms with Crippen molar-refractivity contribution in [2.24, 2.45) is 0 Å². The molecule has 0 fully saturated rings. The zero-order valence-corrected chi connectivity index (χ0v) is 9.41. The molecule has 1 unspecified atom stereocenters. The van der Waals surface area contributed by atoms with Crippen molar-refractivity contribution < 1.29 is 14.6 Å². The summed E-state index contributed by atoms with van der Waals surface area (Å²) in [5.74, 6) is -0.369. The Hall–Kier alpha value is -1.22. The summed E-state index contributed by atoms with van der Waals surface area (Å²) in [7, 11) is 1.54. The van der Waals surface area contributed by atoms with Crippen molar-refractivity contribution in [3.05, 3.63) is 28.8 Å². The summed E-state index contributed by atoms with van der Waals surface area (Å²) >= 11 is 6.01. The number of carbonyl (C=O) groups is 1. The molecule has 1 rings (SSSR count). The number of carboxylic acid groups (broad SMARTS) is 1. The number of halogens is 1. The maximum absolute atomic E-state index is 10.6. The van der Waals surface area contributed by atoms with Crippen LogP contribution in [0.4, 0.5) is 0 Å². The van der Waals surface area contributed by atoms with Gasteiger partial charge in [-0.1, -0.05) is 24.6 Å². The van der Waals surface area contributed by atoms with Crippen LogP contribution in [0.3, 0.4) is 0 Å². The fourth-order valence-corrected chi connectivity index (χ4v) is 1.89. The number of aliphatic carboxylic acids is 1. The number of rotatable bonds is 4. The molecular formula is C11H13ClO3. The Kier molecular flexibility index (Phi) is 3.97. The first-order valence-electron chi connectivity index (χ1n) is 4.60. The predicted molar refractivity (Wildman–Crippen MR) is 58.7 cm³/mol. The molecule has 0 saturated carbocycles. The lowest BCUT2D eigenvalue weighted by molar-refractivity contribution is -0.137. The Morgan fingerprint density at radius 3 is 2.80 bits per heavy atom. The Morgan fingerprint density at radius 2 is 2.27 bits per heavy atom. The molecule has 0 aliphatic rings.